The van der Waals surface area contributed by atoms with Crippen LogP contribution in [0.2, 0.25) is 0 Å². The van der Waals surface area contributed by atoms with Crippen molar-refractivity contribution in [1.29, 1.82) is 5.26 Å². The van der Waals surface area contributed by atoms with Crippen LogP contribution in [-0.4, -0.2) is 30.8 Å². The van der Waals surface area contributed by atoms with Gasteiger partial charge in [-0.15, -0.1) is 11.3 Å². The smallest absolute Gasteiger partial charge is 0.172 e. The summed E-state index contributed by atoms with van der Waals surface area (Å²) in [5, 5.41) is 10.3. The van der Waals surface area contributed by atoms with Gasteiger partial charge in [0.15, 0.2) is 5.78 Å². The zero-order valence-corrected chi connectivity index (χ0v) is 10.3. The van der Waals surface area contributed by atoms with Crippen molar-refractivity contribution in [3.8, 4) is 6.07 Å². The van der Waals surface area contributed by atoms with Crippen LogP contribution < -0.4 is 0 Å². The average molecular weight is 236 g/mol. The van der Waals surface area contributed by atoms with Gasteiger partial charge in [-0.2, -0.15) is 5.26 Å². The van der Waals surface area contributed by atoms with Crippen molar-refractivity contribution in [3.63, 3.8) is 0 Å². The topological polar surface area (TPSA) is 44.1 Å². The first kappa shape index (κ1) is 12.9. The lowest BCUT2D eigenvalue weighted by Gasteiger charge is -2.13. The third kappa shape index (κ3) is 4.56. The summed E-state index contributed by atoms with van der Waals surface area (Å²) in [6.07, 6.45) is 2.01. The van der Waals surface area contributed by atoms with E-state index in [2.05, 4.69) is 11.0 Å². The molecule has 0 N–H and O–H groups in total. The number of nitrogens with zero attached hydrogens (tertiary/aromatic N) is 2. The molecule has 0 radical (unpaired) electrons. The molecule has 0 aliphatic heterocycles. The van der Waals surface area contributed by atoms with Crippen LogP contribution in [0.3, 0.4) is 0 Å². The van der Waals surface area contributed by atoms with Crippen LogP contribution >= 0.6 is 11.3 Å². The molecule has 0 aliphatic carbocycles. The molecule has 0 aliphatic rings. The first-order valence-electron chi connectivity index (χ1n) is 5.36. The van der Waals surface area contributed by atoms with E-state index >= 15 is 0 Å². The fourth-order valence-electron chi connectivity index (χ4n) is 1.42. The molecule has 0 saturated carbocycles. The van der Waals surface area contributed by atoms with Crippen molar-refractivity contribution in [2.45, 2.75) is 19.3 Å². The Hall–Kier alpha value is -1.18. The zero-order chi connectivity index (χ0) is 11.8. The number of carbonyl (C=O) groups is 1. The second-order valence-corrected chi connectivity index (χ2v) is 4.66. The van der Waals surface area contributed by atoms with Gasteiger partial charge in [-0.3, -0.25) is 4.79 Å². The van der Waals surface area contributed by atoms with Gasteiger partial charge in [0, 0.05) is 19.4 Å². The van der Waals surface area contributed by atoms with E-state index in [1.807, 2.05) is 24.6 Å². The molecule has 0 aromatic carbocycles. The molecule has 4 heteroatoms. The zero-order valence-electron chi connectivity index (χ0n) is 9.48. The number of hydrogen-bond acceptors (Lipinski definition) is 4. The van der Waals surface area contributed by atoms with Crippen molar-refractivity contribution < 1.29 is 4.79 Å². The molecule has 0 fully saturated rings. The normalized spacial score (nSPS) is 10.3. The van der Waals surface area contributed by atoms with E-state index in [0.717, 1.165) is 24.4 Å². The predicted molar refractivity (Wildman–Crippen MR) is 65.6 cm³/mol. The van der Waals surface area contributed by atoms with Gasteiger partial charge >= 0.3 is 0 Å². The second kappa shape index (κ2) is 7.15. The number of Topliss-reactive ketones (excluding diaryl/α,β-unsaturated/α-hetero) is 1. The Morgan fingerprint density at radius 3 is 3.00 bits per heavy atom. The summed E-state index contributed by atoms with van der Waals surface area (Å²) in [6.45, 7) is 1.66. The van der Waals surface area contributed by atoms with Gasteiger partial charge in [0.05, 0.1) is 10.9 Å². The molecule has 1 rings (SSSR count). The first-order chi connectivity index (χ1) is 7.74. The maximum absolute atomic E-state index is 11.6. The van der Waals surface area contributed by atoms with Gasteiger partial charge in [-0.1, -0.05) is 6.07 Å². The lowest BCUT2D eigenvalue weighted by molar-refractivity contribution is 0.0980. The average Bonchev–Trinajstić information content (AvgIpc) is 2.79. The highest BCUT2D eigenvalue weighted by Crippen LogP contribution is 2.12. The van der Waals surface area contributed by atoms with Gasteiger partial charge in [-0.25, -0.2) is 0 Å². The van der Waals surface area contributed by atoms with Crippen LogP contribution in [0, 0.1) is 11.3 Å². The van der Waals surface area contributed by atoms with Crippen molar-refractivity contribution >= 4 is 17.1 Å². The monoisotopic (exact) mass is 236 g/mol. The minimum Gasteiger partial charge on any atom is -0.305 e. The standard InChI is InChI=1S/C12H16N2OS/c1-14(9-4-7-13)8-2-5-11(15)12-6-3-10-16-12/h3,6,10H,2,4-5,8-9H2,1H3. The van der Waals surface area contributed by atoms with E-state index in [9.17, 15) is 4.79 Å². The third-order valence-corrected chi connectivity index (χ3v) is 3.26. The second-order valence-electron chi connectivity index (χ2n) is 3.72. The van der Waals surface area contributed by atoms with Gasteiger partial charge < -0.3 is 4.90 Å². The molecule has 0 saturated heterocycles. The van der Waals surface area contributed by atoms with Gasteiger partial charge in [-0.05, 0) is 31.5 Å². The molecule has 1 heterocycles. The minimum atomic E-state index is 0.226. The third-order valence-electron chi connectivity index (χ3n) is 2.34. The molecular weight excluding hydrogens is 220 g/mol. The number of hydrogen-bond donors (Lipinski definition) is 0. The van der Waals surface area contributed by atoms with E-state index in [4.69, 9.17) is 5.26 Å². The largest absolute Gasteiger partial charge is 0.305 e. The van der Waals surface area contributed by atoms with Gasteiger partial charge in [0.25, 0.3) is 0 Å². The maximum atomic E-state index is 11.6. The number of carbonyl (C=O) groups excluding carboxylic acids is 1. The molecule has 16 heavy (non-hydrogen) atoms. The summed E-state index contributed by atoms with van der Waals surface area (Å²) >= 11 is 1.50. The molecule has 0 amide bonds. The van der Waals surface area contributed by atoms with Crippen LogP contribution in [-0.2, 0) is 0 Å². The highest BCUT2D eigenvalue weighted by Gasteiger charge is 2.06. The Balaban J connectivity index is 2.16. The summed E-state index contributed by atoms with van der Waals surface area (Å²) in [5.41, 5.74) is 0. The van der Waals surface area contributed by atoms with Gasteiger partial charge in [0.2, 0.25) is 0 Å². The summed E-state index contributed by atoms with van der Waals surface area (Å²) in [4.78, 5) is 14.6. The van der Waals surface area contributed by atoms with Crippen molar-refractivity contribution in [3.05, 3.63) is 22.4 Å². The van der Waals surface area contributed by atoms with Crippen LogP contribution in [0.1, 0.15) is 28.9 Å². The van der Waals surface area contributed by atoms with Crippen LogP contribution in [0.5, 0.6) is 0 Å². The number of thiophene rings is 1. The Bertz CT molecular complexity index is 354. The lowest BCUT2D eigenvalue weighted by Crippen LogP contribution is -2.21. The highest BCUT2D eigenvalue weighted by atomic mass is 32.1. The molecule has 1 aromatic heterocycles. The van der Waals surface area contributed by atoms with Crippen LogP contribution in [0.15, 0.2) is 17.5 Å². The quantitative estimate of drug-likeness (QED) is 0.683. The van der Waals surface area contributed by atoms with E-state index in [1.54, 1.807) is 0 Å². The summed E-state index contributed by atoms with van der Waals surface area (Å²) in [6, 6.07) is 5.88. The molecule has 0 unspecified atom stereocenters. The number of rotatable bonds is 7. The Labute approximate surface area is 100 Å². The molecule has 86 valence electrons. The molecule has 0 spiro atoms. The Kier molecular flexibility index (Phi) is 5.76. The van der Waals surface area contributed by atoms with Crippen LogP contribution in [0.25, 0.3) is 0 Å². The predicted octanol–water partition coefficient (Wildman–Crippen LogP) is 2.56. The molecule has 0 bridgehead atoms. The molecule has 3 nitrogen and oxygen atoms in total. The highest BCUT2D eigenvalue weighted by molar-refractivity contribution is 7.12. The van der Waals surface area contributed by atoms with Crippen molar-refractivity contribution in [1.82, 2.24) is 4.90 Å². The van der Waals surface area contributed by atoms with E-state index in [-0.39, 0.29) is 5.78 Å². The number of ketones is 1. The fourth-order valence-corrected chi connectivity index (χ4v) is 2.12. The Morgan fingerprint density at radius 1 is 1.56 bits per heavy atom. The SMILES string of the molecule is CN(CCC#N)CCCC(=O)c1cccs1. The number of nitriles is 1. The van der Waals surface area contributed by atoms with E-state index < -0.39 is 0 Å². The molecule has 0 atom stereocenters. The van der Waals surface area contributed by atoms with Gasteiger partial charge in [0.1, 0.15) is 0 Å². The Morgan fingerprint density at radius 2 is 2.38 bits per heavy atom. The summed E-state index contributed by atoms with van der Waals surface area (Å²) in [5.74, 6) is 0.226. The lowest BCUT2D eigenvalue weighted by atomic mass is 10.2. The minimum absolute atomic E-state index is 0.226. The van der Waals surface area contributed by atoms with Crippen molar-refractivity contribution in [2.24, 2.45) is 0 Å². The van der Waals surface area contributed by atoms with E-state index in [1.165, 1.54) is 11.3 Å². The van der Waals surface area contributed by atoms with E-state index in [0.29, 0.717) is 12.8 Å². The summed E-state index contributed by atoms with van der Waals surface area (Å²) < 4.78 is 0. The first-order valence-corrected chi connectivity index (χ1v) is 6.24. The summed E-state index contributed by atoms with van der Waals surface area (Å²) in [7, 11) is 1.98. The molecular formula is C12H16N2OS. The molecule has 1 aromatic rings. The fraction of sp³-hybridized carbons (Fsp3) is 0.500. The maximum Gasteiger partial charge on any atom is 0.172 e. The van der Waals surface area contributed by atoms with Crippen LogP contribution in [0.4, 0.5) is 0 Å². The van der Waals surface area contributed by atoms with Crippen molar-refractivity contribution in [2.75, 3.05) is 20.1 Å².